The van der Waals surface area contributed by atoms with Crippen molar-refractivity contribution in [3.8, 4) is 0 Å². The van der Waals surface area contributed by atoms with Gasteiger partial charge in [-0.25, -0.2) is 12.5 Å². The van der Waals surface area contributed by atoms with Crippen LogP contribution in [0.2, 0.25) is 0 Å². The minimum atomic E-state index is 0.491. The first-order valence-electron chi connectivity index (χ1n) is 2.72. The normalized spacial score (nSPS) is 9.38. The van der Waals surface area contributed by atoms with Gasteiger partial charge in [0.2, 0.25) is 0 Å². The Kier molecular flexibility index (Phi) is 7.11. The first-order chi connectivity index (χ1) is 3.81. The van der Waals surface area contributed by atoms with E-state index in [1.54, 1.807) is 0 Å². The number of hydrogen-bond donors (Lipinski definition) is 1. The van der Waals surface area contributed by atoms with Crippen molar-refractivity contribution in [1.82, 2.24) is 0 Å². The fourth-order valence-electron chi connectivity index (χ4n) is 0.333. The maximum absolute atomic E-state index is 4.32. The lowest BCUT2D eigenvalue weighted by Crippen LogP contribution is -1.91. The molecule has 0 radical (unpaired) electrons. The summed E-state index contributed by atoms with van der Waals surface area (Å²) in [6.07, 6.45) is 0. The Morgan fingerprint density at radius 2 is 1.62 bits per heavy atom. The lowest BCUT2D eigenvalue weighted by Gasteiger charge is -1.99. The maximum atomic E-state index is 4.32. The van der Waals surface area contributed by atoms with E-state index in [0.717, 1.165) is 0 Å². The predicted molar refractivity (Wildman–Crippen MR) is 51.0 cm³/mol. The van der Waals surface area contributed by atoms with Crippen LogP contribution in [0.5, 0.6) is 0 Å². The first kappa shape index (κ1) is 9.11. The third-order valence-electron chi connectivity index (χ3n) is 0.618. The Hall–Kier alpha value is 1.11. The van der Waals surface area contributed by atoms with Crippen LogP contribution < -0.4 is 0 Å². The molecule has 0 amide bonds. The Morgan fingerprint density at radius 3 is 1.88 bits per heavy atom. The van der Waals surface area contributed by atoms with Crippen LogP contribution in [0.1, 0.15) is 13.8 Å². The van der Waals surface area contributed by atoms with Gasteiger partial charge in [0, 0.05) is 0 Å². The van der Waals surface area contributed by atoms with Crippen LogP contribution in [-0.2, 0) is 0 Å². The van der Waals surface area contributed by atoms with Crippen LogP contribution in [0.15, 0.2) is 0 Å². The van der Waals surface area contributed by atoms with Crippen LogP contribution in [-0.4, -0.2) is 16.1 Å². The highest BCUT2D eigenvalue weighted by molar-refractivity contribution is 8.72. The van der Waals surface area contributed by atoms with Crippen molar-refractivity contribution in [2.45, 2.75) is 13.8 Å². The summed E-state index contributed by atoms with van der Waals surface area (Å²) in [7, 11) is 0. The fraction of sp³-hybridized carbons (Fsp3) is 1.00. The lowest BCUT2D eigenvalue weighted by atomic mass is 10.7. The summed E-state index contributed by atoms with van der Waals surface area (Å²) >= 11 is 8.08. The van der Waals surface area contributed by atoms with Gasteiger partial charge in [0.25, 0.3) is 0 Å². The molecule has 0 fully saturated rings. The van der Waals surface area contributed by atoms with Gasteiger partial charge >= 0.3 is 4.55 Å². The van der Waals surface area contributed by atoms with E-state index in [-0.39, 0.29) is 0 Å². The molecule has 0 aromatic carbocycles. The Labute approximate surface area is 65.8 Å². The molecule has 0 saturated carbocycles. The monoisotopic (exact) mass is 166 g/mol. The van der Waals surface area contributed by atoms with Crippen LogP contribution in [0, 0.1) is 0 Å². The third kappa shape index (κ3) is 5.26. The summed E-state index contributed by atoms with van der Waals surface area (Å²) in [6.45, 7) is 4.31. The van der Waals surface area contributed by atoms with Crippen molar-refractivity contribution in [2.75, 3.05) is 11.5 Å². The average molecular weight is 166 g/mol. The van der Waals surface area contributed by atoms with E-state index in [2.05, 4.69) is 26.3 Å². The van der Waals surface area contributed by atoms with Crippen LogP contribution in [0.4, 0.5) is 0 Å². The number of rotatable bonds is 4. The molecule has 0 rings (SSSR count). The maximum Gasteiger partial charge on any atom is 0.338 e. The molecule has 0 aliphatic carbocycles. The molecular formula is C4H11BS3. The summed E-state index contributed by atoms with van der Waals surface area (Å²) in [5, 5.41) is 0. The molecule has 8 heavy (non-hydrogen) atoms. The summed E-state index contributed by atoms with van der Waals surface area (Å²) in [5.74, 6) is 2.34. The van der Waals surface area contributed by atoms with Crippen molar-refractivity contribution >= 4 is 40.3 Å². The van der Waals surface area contributed by atoms with E-state index < -0.39 is 0 Å². The van der Waals surface area contributed by atoms with Crippen molar-refractivity contribution < 1.29 is 0 Å². The molecule has 0 unspecified atom stereocenters. The van der Waals surface area contributed by atoms with E-state index in [9.17, 15) is 0 Å². The minimum absolute atomic E-state index is 0.491. The summed E-state index contributed by atoms with van der Waals surface area (Å²) in [5.41, 5.74) is 0. The smallest absolute Gasteiger partial charge is 0.201 e. The third-order valence-corrected chi connectivity index (χ3v) is 3.57. The van der Waals surface area contributed by atoms with Gasteiger partial charge in [-0.3, -0.25) is 0 Å². The van der Waals surface area contributed by atoms with Crippen molar-refractivity contribution in [1.29, 1.82) is 0 Å². The summed E-state index contributed by atoms with van der Waals surface area (Å²) in [6, 6.07) is 0. The molecule has 0 nitrogen and oxygen atoms in total. The lowest BCUT2D eigenvalue weighted by molar-refractivity contribution is 1.54. The zero-order chi connectivity index (χ0) is 6.41. The van der Waals surface area contributed by atoms with Crippen molar-refractivity contribution in [3.05, 3.63) is 0 Å². The van der Waals surface area contributed by atoms with Gasteiger partial charge in [0.1, 0.15) is 0 Å². The largest absolute Gasteiger partial charge is 0.338 e. The molecule has 0 aliphatic rings. The molecule has 0 aromatic heterocycles. The zero-order valence-electron chi connectivity index (χ0n) is 5.26. The Balaban J connectivity index is 2.92. The fourth-order valence-corrected chi connectivity index (χ4v) is 3.00. The summed E-state index contributed by atoms with van der Waals surface area (Å²) in [4.78, 5) is 0. The van der Waals surface area contributed by atoms with Crippen molar-refractivity contribution in [2.24, 2.45) is 0 Å². The standard InChI is InChI=1S/C4H11BS3/c1-3-7-5(6)8-4-2/h6H,3-4H2,1-2H3. The molecule has 0 N–H and O–H groups in total. The molecule has 0 saturated heterocycles. The molecule has 48 valence electrons. The zero-order valence-corrected chi connectivity index (χ0v) is 7.78. The molecule has 0 aromatic rings. The first-order valence-corrected chi connectivity index (χ1v) is 5.34. The second kappa shape index (κ2) is 6.24. The second-order valence-corrected chi connectivity index (χ2v) is 5.50. The molecule has 0 heterocycles. The van der Waals surface area contributed by atoms with Gasteiger partial charge in [-0.2, -0.15) is 23.2 Å². The Bertz CT molecular complexity index is 44.5. The predicted octanol–water partition coefficient (Wildman–Crippen LogP) is 2.41. The van der Waals surface area contributed by atoms with Gasteiger partial charge < -0.3 is 0 Å². The molecule has 0 atom stereocenters. The number of hydrogen-bond acceptors (Lipinski definition) is 3. The SMILES string of the molecule is CCSB(S)SCC. The average Bonchev–Trinajstić information content (AvgIpc) is 1.68. The highest BCUT2D eigenvalue weighted by atomic mass is 32.2. The van der Waals surface area contributed by atoms with E-state index in [1.807, 2.05) is 23.2 Å². The van der Waals surface area contributed by atoms with Gasteiger partial charge in [-0.15, -0.1) is 0 Å². The van der Waals surface area contributed by atoms with E-state index in [4.69, 9.17) is 0 Å². The van der Waals surface area contributed by atoms with Crippen LogP contribution >= 0.6 is 35.7 Å². The minimum Gasteiger partial charge on any atom is -0.201 e. The van der Waals surface area contributed by atoms with Crippen LogP contribution in [0.25, 0.3) is 0 Å². The van der Waals surface area contributed by atoms with Gasteiger partial charge in [0.15, 0.2) is 0 Å². The van der Waals surface area contributed by atoms with Crippen molar-refractivity contribution in [3.63, 3.8) is 0 Å². The Morgan fingerprint density at radius 1 is 1.25 bits per heavy atom. The highest BCUT2D eigenvalue weighted by Crippen LogP contribution is 2.20. The number of thiol groups is 1. The topological polar surface area (TPSA) is 0 Å². The van der Waals surface area contributed by atoms with E-state index >= 15 is 0 Å². The van der Waals surface area contributed by atoms with E-state index in [1.165, 1.54) is 11.5 Å². The molecule has 4 heteroatoms. The van der Waals surface area contributed by atoms with Gasteiger partial charge in [0.05, 0.1) is 0 Å². The summed E-state index contributed by atoms with van der Waals surface area (Å²) < 4.78 is 0.491. The second-order valence-electron chi connectivity index (χ2n) is 1.22. The van der Waals surface area contributed by atoms with Crippen LogP contribution in [0.3, 0.4) is 0 Å². The molecule has 0 bridgehead atoms. The van der Waals surface area contributed by atoms with Gasteiger partial charge in [-0.1, -0.05) is 13.8 Å². The molecule has 0 spiro atoms. The van der Waals surface area contributed by atoms with Gasteiger partial charge in [-0.05, 0) is 11.5 Å². The van der Waals surface area contributed by atoms with E-state index in [0.29, 0.717) is 4.55 Å². The molecule has 0 aliphatic heterocycles. The quantitative estimate of drug-likeness (QED) is 0.503. The highest BCUT2D eigenvalue weighted by Gasteiger charge is 2.04. The molecular weight excluding hydrogens is 155 g/mol.